The summed E-state index contributed by atoms with van der Waals surface area (Å²) in [5.41, 5.74) is 2.66. The average molecular weight is 785 g/mol. The Morgan fingerprint density at radius 2 is 1.64 bits per heavy atom. The molecule has 0 aliphatic rings. The first-order valence-electron chi connectivity index (χ1n) is 16.4. The van der Waals surface area contributed by atoms with Crippen molar-refractivity contribution in [2.75, 3.05) is 5.32 Å². The van der Waals surface area contributed by atoms with Crippen LogP contribution in [0.3, 0.4) is 0 Å². The molecule has 0 aliphatic heterocycles. The number of hydrogen-bond acceptors (Lipinski definition) is 10. The number of esters is 1. The number of hydrogen-bond donors (Lipinski definition) is 4. The summed E-state index contributed by atoms with van der Waals surface area (Å²) in [6.07, 6.45) is -1.53. The predicted octanol–water partition coefficient (Wildman–Crippen LogP) is 4.17. The Morgan fingerprint density at radius 1 is 1.00 bits per heavy atom. The number of ether oxygens (including phenoxy) is 1. The second-order valence-corrected chi connectivity index (χ2v) is 13.4. The van der Waals surface area contributed by atoms with Gasteiger partial charge in [0.25, 0.3) is 5.69 Å². The normalized spacial score (nSPS) is 11.6. The van der Waals surface area contributed by atoms with E-state index in [1.165, 1.54) is 41.7 Å². The highest BCUT2D eigenvalue weighted by Crippen LogP contribution is 2.23. The number of aryl methyl sites for hydroxylation is 1. The molecule has 0 saturated heterocycles. The van der Waals surface area contributed by atoms with Gasteiger partial charge in [-0.05, 0) is 68.8 Å². The molecule has 5 aromatic rings. The molecular formula is C36H35F3N6O9S. The molecule has 0 fully saturated rings. The molecule has 4 N–H and O–H groups in total. The standard InChI is InChI=1S/C34H34N6O7S.C2HF3O2/c1-21(2)47-32(43)24-10-12-26(13-11-24)36-33(44)37-29(16-23-8-14-28(41)15-9-23)31(42)35-17-27-20-38-18-22(3)48-34(38)39(27)19-25-6-4-5-7-30(25)40(45)46;3-2(4,5)1(6)7/h4-15,18,20-21,29H,16-17,19H2,1-3H3,(H3-,35,36,37,41,42,43,44);(H,6,7)/t29-;/m0./s1. The molecule has 0 saturated carbocycles. The highest BCUT2D eigenvalue weighted by molar-refractivity contribution is 7.16. The Kier molecular flexibility index (Phi) is 13.5. The highest BCUT2D eigenvalue weighted by Gasteiger charge is 2.29. The quantitative estimate of drug-likeness (QED) is 0.0619. The number of carboxylic acids is 1. The van der Waals surface area contributed by atoms with Crippen LogP contribution in [-0.2, 0) is 33.8 Å². The van der Waals surface area contributed by atoms with E-state index in [0.29, 0.717) is 28.1 Å². The topological polar surface area (TPSA) is 209 Å². The largest absolute Gasteiger partial charge is 0.542 e. The van der Waals surface area contributed by atoms with Crippen LogP contribution in [0.2, 0.25) is 0 Å². The van der Waals surface area contributed by atoms with Crippen LogP contribution in [0, 0.1) is 17.0 Å². The van der Waals surface area contributed by atoms with E-state index in [2.05, 4.69) is 16.0 Å². The van der Waals surface area contributed by atoms with Crippen LogP contribution < -0.4 is 25.5 Å². The number of benzene rings is 3. The molecule has 290 valence electrons. The number of nitrogens with zero attached hydrogens (tertiary/aromatic N) is 3. The van der Waals surface area contributed by atoms with Gasteiger partial charge < -0.3 is 35.7 Å². The molecule has 0 aliphatic carbocycles. The van der Waals surface area contributed by atoms with Crippen LogP contribution in [0.1, 0.15) is 45.9 Å². The van der Waals surface area contributed by atoms with Crippen molar-refractivity contribution >= 4 is 51.5 Å². The first-order valence-corrected chi connectivity index (χ1v) is 17.2. The number of anilines is 1. The molecule has 0 bridgehead atoms. The summed E-state index contributed by atoms with van der Waals surface area (Å²) in [4.78, 5) is 60.9. The van der Waals surface area contributed by atoms with Gasteiger partial charge in [0, 0.05) is 23.1 Å². The Labute approximate surface area is 315 Å². The number of thiazole rings is 1. The lowest BCUT2D eigenvalue weighted by atomic mass is 10.0. The number of phenolic OH excluding ortho intramolecular Hbond substituents is 1. The number of imidazole rings is 1. The van der Waals surface area contributed by atoms with Gasteiger partial charge in [0.1, 0.15) is 36.7 Å². The number of nitro groups is 1. The number of carbonyl (C=O) groups excluding carboxylic acids is 4. The maximum atomic E-state index is 13.6. The lowest BCUT2D eigenvalue weighted by Gasteiger charge is -2.19. The number of rotatable bonds is 12. The highest BCUT2D eigenvalue weighted by atomic mass is 32.1. The molecular weight excluding hydrogens is 749 g/mol. The van der Waals surface area contributed by atoms with Crippen molar-refractivity contribution in [2.24, 2.45) is 0 Å². The number of aromatic hydroxyl groups is 1. The summed E-state index contributed by atoms with van der Waals surface area (Å²) in [5.74, 6) is -3.88. The summed E-state index contributed by atoms with van der Waals surface area (Å²) in [5, 5.41) is 38.6. The zero-order chi connectivity index (χ0) is 40.4. The number of alkyl halides is 3. The monoisotopic (exact) mass is 784 g/mol. The Hall–Kier alpha value is -6.50. The molecule has 0 spiro atoms. The van der Waals surface area contributed by atoms with E-state index in [4.69, 9.17) is 14.6 Å². The minimum atomic E-state index is -5.19. The maximum absolute atomic E-state index is 13.6. The van der Waals surface area contributed by atoms with Crippen molar-refractivity contribution in [1.29, 1.82) is 0 Å². The van der Waals surface area contributed by atoms with Crippen molar-refractivity contribution in [3.8, 4) is 5.75 Å². The second-order valence-electron chi connectivity index (χ2n) is 12.2. The third-order valence-corrected chi connectivity index (χ3v) is 8.61. The van der Waals surface area contributed by atoms with Crippen LogP contribution in [0.15, 0.2) is 85.2 Å². The van der Waals surface area contributed by atoms with E-state index in [0.717, 1.165) is 9.84 Å². The summed E-state index contributed by atoms with van der Waals surface area (Å²) in [6, 6.07) is 17.4. The van der Waals surface area contributed by atoms with Crippen molar-refractivity contribution < 1.29 is 56.6 Å². The van der Waals surface area contributed by atoms with Gasteiger partial charge in [-0.15, -0.1) is 0 Å². The van der Waals surface area contributed by atoms with Gasteiger partial charge in [0.15, 0.2) is 5.69 Å². The van der Waals surface area contributed by atoms with E-state index in [1.807, 2.05) is 28.3 Å². The van der Waals surface area contributed by atoms with E-state index in [-0.39, 0.29) is 37.1 Å². The summed E-state index contributed by atoms with van der Waals surface area (Å²) in [6.45, 7) is 5.76. The number of halogens is 3. The van der Waals surface area contributed by atoms with Crippen molar-refractivity contribution in [1.82, 2.24) is 15.2 Å². The van der Waals surface area contributed by atoms with Crippen molar-refractivity contribution in [2.45, 2.75) is 58.6 Å². The number of fused-ring (bicyclic) bond motifs is 1. The average Bonchev–Trinajstić information content (AvgIpc) is 3.63. The van der Waals surface area contributed by atoms with E-state index >= 15 is 0 Å². The lowest BCUT2D eigenvalue weighted by Crippen LogP contribution is -2.49. The Bertz CT molecular complexity index is 2170. The number of nitro benzene ring substituents is 1. The number of amides is 3. The predicted molar refractivity (Wildman–Crippen MR) is 190 cm³/mol. The SMILES string of the molecule is Cc1c[n+]2cc(CNC(=O)[C@H](Cc3ccc(O)cc3)NC(=O)Nc3ccc(C(=O)OC(C)C)cc3)n(Cc3ccccc3[N+](=O)[O-])c2s1.O=C([O-])C(F)(F)F. The molecule has 3 amide bonds. The number of nitrogens with one attached hydrogen (secondary N) is 3. The second kappa shape index (κ2) is 18.0. The molecule has 2 aromatic heterocycles. The zero-order valence-electron chi connectivity index (χ0n) is 29.5. The van der Waals surface area contributed by atoms with E-state index in [9.17, 15) is 42.8 Å². The van der Waals surface area contributed by atoms with E-state index < -0.39 is 41.0 Å². The fourth-order valence-corrected chi connectivity index (χ4v) is 6.05. The Balaban J connectivity index is 0.000000876. The van der Waals surface area contributed by atoms with Crippen molar-refractivity contribution in [3.05, 3.63) is 123 Å². The molecule has 1 atom stereocenters. The third kappa shape index (κ3) is 11.7. The minimum absolute atomic E-state index is 0.00178. The van der Waals surface area contributed by atoms with Gasteiger partial charge in [-0.25, -0.2) is 14.2 Å². The molecule has 19 heteroatoms. The number of urea groups is 1. The molecule has 3 aromatic carbocycles. The van der Waals surface area contributed by atoms with Crippen molar-refractivity contribution in [3.63, 3.8) is 0 Å². The van der Waals surface area contributed by atoms with Gasteiger partial charge in [-0.1, -0.05) is 35.6 Å². The number of carboxylic acid groups (broad SMARTS) is 1. The number of aromatic nitrogens is 2. The molecule has 2 heterocycles. The maximum Gasteiger partial charge on any atom is 0.430 e. The fourth-order valence-electron chi connectivity index (χ4n) is 5.09. The number of phenols is 1. The first-order chi connectivity index (χ1) is 25.9. The first kappa shape index (κ1) is 41.3. The number of para-hydroxylation sites is 1. The van der Waals surface area contributed by atoms with Crippen LogP contribution in [0.5, 0.6) is 5.75 Å². The van der Waals surface area contributed by atoms with Crippen LogP contribution in [0.25, 0.3) is 4.96 Å². The smallest absolute Gasteiger partial charge is 0.430 e. The Morgan fingerprint density at radius 3 is 2.24 bits per heavy atom. The summed E-state index contributed by atoms with van der Waals surface area (Å²) >= 11 is 1.52. The molecule has 0 unspecified atom stereocenters. The van der Waals surface area contributed by atoms with E-state index in [1.54, 1.807) is 56.3 Å². The van der Waals surface area contributed by atoms with Gasteiger partial charge in [-0.3, -0.25) is 14.9 Å². The van der Waals surface area contributed by atoms with Crippen LogP contribution in [-0.4, -0.2) is 56.8 Å². The molecule has 55 heavy (non-hydrogen) atoms. The molecule has 0 radical (unpaired) electrons. The third-order valence-electron chi connectivity index (χ3n) is 7.57. The summed E-state index contributed by atoms with van der Waals surface area (Å²) < 4.78 is 40.6. The van der Waals surface area contributed by atoms with Crippen LogP contribution in [0.4, 0.5) is 29.3 Å². The lowest BCUT2D eigenvalue weighted by molar-refractivity contribution is -0.506. The number of aliphatic carboxylic acids is 1. The van der Waals surface area contributed by atoms with Gasteiger partial charge in [0.2, 0.25) is 5.91 Å². The fraction of sp³-hybridized carbons (Fsp3) is 0.250. The van der Waals surface area contributed by atoms with Gasteiger partial charge in [0.05, 0.1) is 28.7 Å². The summed E-state index contributed by atoms with van der Waals surface area (Å²) in [7, 11) is 0. The molecule has 5 rings (SSSR count). The van der Waals surface area contributed by atoms with Gasteiger partial charge in [-0.2, -0.15) is 17.6 Å². The van der Waals surface area contributed by atoms with Crippen LogP contribution >= 0.6 is 11.3 Å². The number of carbonyl (C=O) groups is 4. The van der Waals surface area contributed by atoms with Gasteiger partial charge >= 0.3 is 23.1 Å². The molecule has 15 nitrogen and oxygen atoms in total. The zero-order valence-corrected chi connectivity index (χ0v) is 30.3. The minimum Gasteiger partial charge on any atom is -0.542 e.